The van der Waals surface area contributed by atoms with Gasteiger partial charge in [-0.25, -0.2) is 0 Å². The maximum absolute atomic E-state index is 2.34. The molecule has 0 saturated heterocycles. The van der Waals surface area contributed by atoms with Crippen LogP contribution >= 0.6 is 0 Å². The highest BCUT2D eigenvalue weighted by atomic mass is 15.1. The van der Waals surface area contributed by atoms with Crippen molar-refractivity contribution in [3.05, 3.63) is 206 Å². The Kier molecular flexibility index (Phi) is 29.4. The highest BCUT2D eigenvalue weighted by Gasteiger charge is 2.16. The number of anilines is 2. The summed E-state index contributed by atoms with van der Waals surface area (Å²) in [5.74, 6) is 0. The van der Waals surface area contributed by atoms with Gasteiger partial charge in [-0.05, 0) is 200 Å². The van der Waals surface area contributed by atoms with Gasteiger partial charge in [0, 0.05) is 39.6 Å². The van der Waals surface area contributed by atoms with Crippen LogP contribution in [0.25, 0.3) is 109 Å². The zero-order valence-electron chi connectivity index (χ0n) is 54.4. The lowest BCUT2D eigenvalue weighted by molar-refractivity contribution is 0.505. The van der Waals surface area contributed by atoms with Gasteiger partial charge in [0.1, 0.15) is 0 Å². The Morgan fingerprint density at radius 3 is 0.768 bits per heavy atom. The lowest BCUT2D eigenvalue weighted by Crippen LogP contribution is -2.07. The third kappa shape index (κ3) is 17.1. The van der Waals surface area contributed by atoms with Crippen molar-refractivity contribution in [2.45, 2.75) is 83.1 Å². The van der Waals surface area contributed by atoms with E-state index in [0.29, 0.717) is 0 Å². The summed E-state index contributed by atoms with van der Waals surface area (Å²) in [5.41, 5.74) is 12.6. The van der Waals surface area contributed by atoms with Gasteiger partial charge in [-0.1, -0.05) is 241 Å². The smallest absolute Gasteiger partial charge is 0.0361 e. The summed E-state index contributed by atoms with van der Waals surface area (Å²) in [6.07, 6.45) is 0. The summed E-state index contributed by atoms with van der Waals surface area (Å²) in [5, 5.41) is 15.9. The van der Waals surface area contributed by atoms with Crippen LogP contribution < -0.4 is 9.80 Å². The van der Waals surface area contributed by atoms with Crippen molar-refractivity contribution < 1.29 is 0 Å². The van der Waals surface area contributed by atoms with E-state index in [1.54, 1.807) is 0 Å². The summed E-state index contributed by atoms with van der Waals surface area (Å²) in [6, 6.07) is 75.6. The Bertz CT molecular complexity index is 3600. The third-order valence-electron chi connectivity index (χ3n) is 12.8. The van der Waals surface area contributed by atoms with E-state index in [-0.39, 0.29) is 0 Å². The van der Waals surface area contributed by atoms with Gasteiger partial charge in [0.15, 0.2) is 0 Å². The van der Waals surface area contributed by atoms with Crippen molar-refractivity contribution in [2.75, 3.05) is 80.3 Å². The van der Waals surface area contributed by atoms with E-state index in [1.807, 2.05) is 135 Å². The van der Waals surface area contributed by atoms with E-state index in [9.17, 15) is 0 Å². The van der Waals surface area contributed by atoms with Crippen LogP contribution in [-0.4, -0.2) is 80.3 Å². The third-order valence-corrected chi connectivity index (χ3v) is 12.8. The molecule has 0 fully saturated rings. The molecule has 0 aliphatic rings. The van der Waals surface area contributed by atoms with Crippen molar-refractivity contribution in [1.29, 1.82) is 0 Å². The van der Waals surface area contributed by atoms with Crippen LogP contribution in [0.3, 0.4) is 0 Å². The molecule has 0 heterocycles. The number of benzene rings is 12. The fourth-order valence-corrected chi connectivity index (χ4v) is 9.62. The van der Waals surface area contributed by atoms with Crippen LogP contribution in [0.2, 0.25) is 0 Å². The van der Waals surface area contributed by atoms with Crippen LogP contribution in [0.5, 0.6) is 0 Å². The van der Waals surface area contributed by atoms with Crippen LogP contribution in [0, 0.1) is 0 Å². The SMILES string of the molecule is CC.CC.CC.CC.CC.CC.CN(C)C.CN(C)C.CN(C)c1ccc(-c2cc3ccc4ccc(-c5ccc(N(C)C)cc5)c5ccc(c2)c3c45)cc1.c1ccc(-c2cc3ccc4ccc(-c5ccccc5)c5ccc(c2)c3c45)cc1. The maximum Gasteiger partial charge on any atom is 0.0361 e. The fourth-order valence-electron chi connectivity index (χ4n) is 9.62. The Morgan fingerprint density at radius 2 is 0.451 bits per heavy atom. The van der Waals surface area contributed by atoms with Crippen molar-refractivity contribution in [3.8, 4) is 44.5 Å². The van der Waals surface area contributed by atoms with Crippen LogP contribution in [0.15, 0.2) is 206 Å². The molecule has 0 bridgehead atoms. The zero-order chi connectivity index (χ0) is 61.1. The van der Waals surface area contributed by atoms with Crippen molar-refractivity contribution in [1.82, 2.24) is 9.80 Å². The second-order valence-electron chi connectivity index (χ2n) is 19.7. The van der Waals surface area contributed by atoms with Crippen molar-refractivity contribution in [2.24, 2.45) is 0 Å². The van der Waals surface area contributed by atoms with Crippen LogP contribution in [-0.2, 0) is 0 Å². The minimum Gasteiger partial charge on any atom is -0.378 e. The molecule has 0 atom stereocenters. The average molecular weight is 1090 g/mol. The molecule has 4 nitrogen and oxygen atoms in total. The molecule has 4 heteroatoms. The molecule has 0 saturated carbocycles. The molecular weight excluding hydrogens is 993 g/mol. The first-order valence-corrected chi connectivity index (χ1v) is 30.2. The van der Waals surface area contributed by atoms with E-state index < -0.39 is 0 Å². The van der Waals surface area contributed by atoms with Gasteiger partial charge in [0.25, 0.3) is 0 Å². The first kappa shape index (κ1) is 68.5. The molecule has 432 valence electrons. The molecule has 0 aliphatic carbocycles. The van der Waals surface area contributed by atoms with E-state index >= 15 is 0 Å². The standard InChI is InChI=1S/C32H28N2.C28H18.2C3H9N.6C2H6/c1-33(2)27-13-7-21(8-14-27)26-19-24-6-5-23-11-17-29(22-9-15-28(16-10-22)34(3)4)30-18-12-25(20-26)31(24)32(23)30;1-3-7-19(8-4-1)24-17-22-12-11-21-13-15-25(20-9-5-2-6-10-20)26-16-14-23(18-24)27(22)28(21)26;2*1-4(2)3;6*1-2/h5-20H,1-4H3;1-18H;2*1-3H3;6*1-2H3. The molecule has 0 radical (unpaired) electrons. The van der Waals surface area contributed by atoms with E-state index in [2.05, 4.69) is 244 Å². The topological polar surface area (TPSA) is 13.0 Å². The maximum atomic E-state index is 2.34. The molecule has 0 unspecified atom stereocenters. The van der Waals surface area contributed by atoms with Crippen LogP contribution in [0.1, 0.15) is 83.1 Å². The lowest BCUT2D eigenvalue weighted by Gasteiger charge is -2.17. The number of hydrogen-bond acceptors (Lipinski definition) is 4. The highest BCUT2D eigenvalue weighted by molar-refractivity contribution is 6.27. The largest absolute Gasteiger partial charge is 0.378 e. The van der Waals surface area contributed by atoms with Gasteiger partial charge < -0.3 is 19.6 Å². The zero-order valence-corrected chi connectivity index (χ0v) is 54.4. The second kappa shape index (κ2) is 35.2. The first-order chi connectivity index (χ1) is 39.8. The molecule has 82 heavy (non-hydrogen) atoms. The van der Waals surface area contributed by atoms with Gasteiger partial charge in [-0.15, -0.1) is 0 Å². The summed E-state index contributed by atoms with van der Waals surface area (Å²) < 4.78 is 0. The average Bonchev–Trinajstić information content (AvgIpc) is 1.39. The molecule has 12 rings (SSSR count). The van der Waals surface area contributed by atoms with Gasteiger partial charge >= 0.3 is 0 Å². The normalized spacial score (nSPS) is 10.0. The Balaban J connectivity index is 0.000000331. The summed E-state index contributed by atoms with van der Waals surface area (Å²) in [6.45, 7) is 24.0. The Morgan fingerprint density at radius 1 is 0.207 bits per heavy atom. The molecular formula is C78H100N4. The van der Waals surface area contributed by atoms with Crippen molar-refractivity contribution in [3.63, 3.8) is 0 Å². The predicted octanol–water partition coefficient (Wildman–Crippen LogP) is 22.5. The Hall–Kier alpha value is -7.76. The summed E-state index contributed by atoms with van der Waals surface area (Å²) in [4.78, 5) is 8.27. The molecule has 0 amide bonds. The quantitative estimate of drug-likeness (QED) is 0.154. The first-order valence-electron chi connectivity index (χ1n) is 30.2. The highest BCUT2D eigenvalue weighted by Crippen LogP contribution is 2.43. The van der Waals surface area contributed by atoms with E-state index in [0.717, 1.165) is 0 Å². The molecule has 12 aromatic carbocycles. The van der Waals surface area contributed by atoms with Gasteiger partial charge in [-0.2, -0.15) is 0 Å². The van der Waals surface area contributed by atoms with Gasteiger partial charge in [0.05, 0.1) is 0 Å². The van der Waals surface area contributed by atoms with Crippen LogP contribution in [0.4, 0.5) is 11.4 Å². The molecule has 0 aliphatic heterocycles. The Labute approximate surface area is 497 Å². The second-order valence-corrected chi connectivity index (χ2v) is 19.7. The summed E-state index contributed by atoms with van der Waals surface area (Å²) >= 11 is 0. The summed E-state index contributed by atoms with van der Waals surface area (Å²) in [7, 11) is 20.3. The van der Waals surface area contributed by atoms with E-state index in [4.69, 9.17) is 0 Å². The predicted molar refractivity (Wildman–Crippen MR) is 378 cm³/mol. The fraction of sp³-hybridized carbons (Fsp3) is 0.282. The number of hydrogen-bond donors (Lipinski definition) is 0. The van der Waals surface area contributed by atoms with Gasteiger partial charge in [-0.3, -0.25) is 0 Å². The molecule has 0 spiro atoms. The minimum absolute atomic E-state index is 1.22. The van der Waals surface area contributed by atoms with Gasteiger partial charge in [0.2, 0.25) is 0 Å². The minimum atomic E-state index is 1.22. The van der Waals surface area contributed by atoms with E-state index in [1.165, 1.54) is 121 Å². The lowest BCUT2D eigenvalue weighted by atomic mass is 9.88. The number of nitrogens with zero attached hydrogens (tertiary/aromatic N) is 4. The molecule has 12 aromatic rings. The number of rotatable bonds is 6. The monoisotopic (exact) mass is 1090 g/mol. The molecule has 0 N–H and O–H groups in total. The molecule has 0 aromatic heterocycles. The van der Waals surface area contributed by atoms with Crippen molar-refractivity contribution >= 4 is 76.0 Å².